The SMILES string of the molecule is Cc1ccc(-c2cc(C(=O)Nc3nc(-c4c[nH]c(C(N)=O)c4)cs3)c3c(C)noc3n2)c(C)c1. The van der Waals surface area contributed by atoms with Crippen molar-refractivity contribution in [2.24, 2.45) is 5.73 Å². The molecule has 4 N–H and O–H groups in total. The summed E-state index contributed by atoms with van der Waals surface area (Å²) >= 11 is 1.27. The minimum absolute atomic E-state index is 0.287. The number of thiazole rings is 1. The van der Waals surface area contributed by atoms with E-state index in [1.807, 2.05) is 26.0 Å². The molecule has 5 rings (SSSR count). The fourth-order valence-electron chi connectivity index (χ4n) is 3.83. The summed E-state index contributed by atoms with van der Waals surface area (Å²) in [6, 6.07) is 9.41. The van der Waals surface area contributed by atoms with Crippen molar-refractivity contribution in [2.45, 2.75) is 20.8 Å². The molecule has 34 heavy (non-hydrogen) atoms. The van der Waals surface area contributed by atoms with Crippen molar-refractivity contribution in [1.29, 1.82) is 0 Å². The summed E-state index contributed by atoms with van der Waals surface area (Å²) in [6.45, 7) is 5.79. The van der Waals surface area contributed by atoms with E-state index >= 15 is 0 Å². The zero-order chi connectivity index (χ0) is 24.0. The number of hydrogen-bond donors (Lipinski definition) is 3. The molecule has 10 heteroatoms. The molecule has 9 nitrogen and oxygen atoms in total. The lowest BCUT2D eigenvalue weighted by Crippen LogP contribution is -2.13. The molecule has 0 radical (unpaired) electrons. The van der Waals surface area contributed by atoms with Gasteiger partial charge in [0.1, 0.15) is 5.69 Å². The summed E-state index contributed by atoms with van der Waals surface area (Å²) in [5, 5.41) is 9.62. The van der Waals surface area contributed by atoms with E-state index in [0.717, 1.165) is 16.7 Å². The van der Waals surface area contributed by atoms with Crippen LogP contribution < -0.4 is 11.1 Å². The molecule has 0 bridgehead atoms. The van der Waals surface area contributed by atoms with E-state index in [1.54, 1.807) is 30.6 Å². The Morgan fingerprint density at radius 3 is 2.65 bits per heavy atom. The van der Waals surface area contributed by atoms with Crippen LogP contribution in [0.25, 0.3) is 33.6 Å². The minimum atomic E-state index is -0.555. The fourth-order valence-corrected chi connectivity index (χ4v) is 4.54. The number of nitrogens with zero attached hydrogens (tertiary/aromatic N) is 3. The van der Waals surface area contributed by atoms with Gasteiger partial charge >= 0.3 is 0 Å². The molecule has 5 aromatic rings. The van der Waals surface area contributed by atoms with Crippen LogP contribution in [0, 0.1) is 20.8 Å². The maximum atomic E-state index is 13.3. The number of nitrogens with one attached hydrogen (secondary N) is 2. The van der Waals surface area contributed by atoms with Crippen molar-refractivity contribution in [3.8, 4) is 22.5 Å². The first-order chi connectivity index (χ1) is 16.3. The van der Waals surface area contributed by atoms with Crippen LogP contribution in [-0.2, 0) is 0 Å². The Balaban J connectivity index is 1.50. The Morgan fingerprint density at radius 2 is 1.91 bits per heavy atom. The summed E-state index contributed by atoms with van der Waals surface area (Å²) in [5.41, 5.74) is 11.9. The number of primary amides is 1. The van der Waals surface area contributed by atoms with Gasteiger partial charge in [0.2, 0.25) is 0 Å². The quantitative estimate of drug-likeness (QED) is 0.341. The van der Waals surface area contributed by atoms with Gasteiger partial charge in [-0.25, -0.2) is 9.97 Å². The Bertz CT molecular complexity index is 1580. The van der Waals surface area contributed by atoms with Crippen molar-refractivity contribution in [3.05, 3.63) is 70.0 Å². The van der Waals surface area contributed by atoms with Crippen LogP contribution in [0.2, 0.25) is 0 Å². The first-order valence-electron chi connectivity index (χ1n) is 10.4. The Labute approximate surface area is 198 Å². The number of aromatic amines is 1. The molecule has 0 atom stereocenters. The molecule has 0 saturated heterocycles. The van der Waals surface area contributed by atoms with Crippen LogP contribution in [-0.4, -0.2) is 31.9 Å². The predicted octanol–water partition coefficient (Wildman–Crippen LogP) is 4.62. The average Bonchev–Trinajstić information content (AvgIpc) is 3.53. The lowest BCUT2D eigenvalue weighted by Gasteiger charge is -2.09. The highest BCUT2D eigenvalue weighted by atomic mass is 32.1. The van der Waals surface area contributed by atoms with Crippen molar-refractivity contribution in [2.75, 3.05) is 5.32 Å². The highest BCUT2D eigenvalue weighted by Crippen LogP contribution is 2.31. The average molecular weight is 473 g/mol. The summed E-state index contributed by atoms with van der Waals surface area (Å²) < 4.78 is 5.40. The summed E-state index contributed by atoms with van der Waals surface area (Å²) in [4.78, 5) is 36.6. The van der Waals surface area contributed by atoms with Crippen LogP contribution in [0.1, 0.15) is 37.7 Å². The molecule has 0 aliphatic carbocycles. The molecular formula is C24H20N6O3S. The van der Waals surface area contributed by atoms with E-state index in [9.17, 15) is 9.59 Å². The van der Waals surface area contributed by atoms with Gasteiger partial charge in [-0.1, -0.05) is 28.9 Å². The molecule has 4 aromatic heterocycles. The van der Waals surface area contributed by atoms with E-state index in [1.165, 1.54) is 11.3 Å². The van der Waals surface area contributed by atoms with Crippen molar-refractivity contribution in [1.82, 2.24) is 20.1 Å². The van der Waals surface area contributed by atoms with Crippen molar-refractivity contribution < 1.29 is 14.1 Å². The largest absolute Gasteiger partial charge is 0.364 e. The van der Waals surface area contributed by atoms with Crippen LogP contribution in [0.3, 0.4) is 0 Å². The first-order valence-corrected chi connectivity index (χ1v) is 11.3. The van der Waals surface area contributed by atoms with Crippen LogP contribution >= 0.6 is 11.3 Å². The van der Waals surface area contributed by atoms with Crippen LogP contribution in [0.4, 0.5) is 5.13 Å². The second kappa shape index (κ2) is 8.23. The Hall–Kier alpha value is -4.31. The molecule has 4 heterocycles. The monoisotopic (exact) mass is 472 g/mol. The number of anilines is 1. The maximum absolute atomic E-state index is 13.3. The number of aromatic nitrogens is 4. The standard InChI is InChI=1S/C24H20N6O3S/c1-11-4-5-15(12(2)6-11)17-8-16(20-13(3)30-33-23(20)27-17)22(32)29-24-28-19(10-34-24)14-7-18(21(25)31)26-9-14/h4-10,26H,1-3H3,(H2,25,31)(H,28,29,32). The number of fused-ring (bicyclic) bond motifs is 1. The summed E-state index contributed by atoms with van der Waals surface area (Å²) in [7, 11) is 0. The lowest BCUT2D eigenvalue weighted by molar-refractivity contribution is 0.0994. The molecule has 0 fully saturated rings. The van der Waals surface area contributed by atoms with Gasteiger partial charge in [0, 0.05) is 22.7 Å². The number of amides is 2. The summed E-state index contributed by atoms with van der Waals surface area (Å²) in [5.74, 6) is -0.905. The van der Waals surface area contributed by atoms with Gasteiger partial charge in [-0.05, 0) is 38.5 Å². The summed E-state index contributed by atoms with van der Waals surface area (Å²) in [6.07, 6.45) is 1.64. The highest BCUT2D eigenvalue weighted by molar-refractivity contribution is 7.14. The van der Waals surface area contributed by atoms with Gasteiger partial charge in [-0.2, -0.15) is 0 Å². The smallest absolute Gasteiger partial charge is 0.265 e. The van der Waals surface area contributed by atoms with E-state index in [4.69, 9.17) is 10.3 Å². The van der Waals surface area contributed by atoms with Gasteiger partial charge in [0.05, 0.1) is 28.0 Å². The number of hydrogen-bond acceptors (Lipinski definition) is 7. The molecule has 0 unspecified atom stereocenters. The zero-order valence-electron chi connectivity index (χ0n) is 18.6. The number of rotatable bonds is 5. The molecule has 1 aromatic carbocycles. The minimum Gasteiger partial charge on any atom is -0.364 e. The normalized spacial score (nSPS) is 11.1. The third kappa shape index (κ3) is 3.84. The number of benzene rings is 1. The Kier molecular flexibility index (Phi) is 5.21. The molecule has 2 amide bonds. The number of carbonyl (C=O) groups excluding carboxylic acids is 2. The van der Waals surface area contributed by atoms with Gasteiger partial charge in [-0.3, -0.25) is 14.9 Å². The van der Waals surface area contributed by atoms with Gasteiger partial charge < -0.3 is 15.2 Å². The van der Waals surface area contributed by atoms with E-state index in [-0.39, 0.29) is 11.6 Å². The van der Waals surface area contributed by atoms with Crippen molar-refractivity contribution >= 4 is 39.4 Å². The van der Waals surface area contributed by atoms with Crippen LogP contribution in [0.5, 0.6) is 0 Å². The third-order valence-electron chi connectivity index (χ3n) is 5.49. The van der Waals surface area contributed by atoms with Gasteiger partial charge in [0.25, 0.3) is 17.5 Å². The molecule has 170 valence electrons. The van der Waals surface area contributed by atoms with E-state index in [2.05, 4.69) is 31.5 Å². The van der Waals surface area contributed by atoms with E-state index < -0.39 is 5.91 Å². The first kappa shape index (κ1) is 21.5. The molecule has 0 aliphatic heterocycles. The van der Waals surface area contributed by atoms with Crippen LogP contribution in [0.15, 0.2) is 46.4 Å². The number of carbonyl (C=O) groups is 2. The second-order valence-corrected chi connectivity index (χ2v) is 8.84. The number of aryl methyl sites for hydroxylation is 3. The maximum Gasteiger partial charge on any atom is 0.265 e. The Morgan fingerprint density at radius 1 is 1.09 bits per heavy atom. The molecule has 0 saturated carbocycles. The third-order valence-corrected chi connectivity index (χ3v) is 6.25. The topological polar surface area (TPSA) is 140 Å². The fraction of sp³-hybridized carbons (Fsp3) is 0.125. The number of H-pyrrole nitrogens is 1. The van der Waals surface area contributed by atoms with Crippen molar-refractivity contribution in [3.63, 3.8) is 0 Å². The lowest BCUT2D eigenvalue weighted by atomic mass is 10.00. The van der Waals surface area contributed by atoms with Gasteiger partial charge in [-0.15, -0.1) is 11.3 Å². The second-order valence-electron chi connectivity index (χ2n) is 7.98. The number of nitrogens with two attached hydrogens (primary N) is 1. The number of pyridine rings is 1. The van der Waals surface area contributed by atoms with Gasteiger partial charge in [0.15, 0.2) is 5.13 Å². The molecular weight excluding hydrogens is 452 g/mol. The molecule has 0 spiro atoms. The molecule has 0 aliphatic rings. The highest BCUT2D eigenvalue weighted by Gasteiger charge is 2.21. The zero-order valence-corrected chi connectivity index (χ0v) is 19.4. The predicted molar refractivity (Wildman–Crippen MR) is 130 cm³/mol. The van der Waals surface area contributed by atoms with E-state index in [0.29, 0.717) is 44.4 Å².